The molecular formula is C33H34N2O8S. The summed E-state index contributed by atoms with van der Waals surface area (Å²) in [6.07, 6.45) is 3.02. The maximum atomic E-state index is 11.2. The fraction of sp³-hybridized carbons (Fsp3) is 0.303. The number of carboxylic acid groups (broad SMARTS) is 2. The summed E-state index contributed by atoms with van der Waals surface area (Å²) >= 11 is 1.83. The van der Waals surface area contributed by atoms with E-state index in [1.807, 2.05) is 23.5 Å². The monoisotopic (exact) mass is 618 g/mol. The Labute approximate surface area is 258 Å². The van der Waals surface area contributed by atoms with E-state index in [1.54, 1.807) is 7.11 Å². The summed E-state index contributed by atoms with van der Waals surface area (Å²) in [6, 6.07) is 23.5. The van der Waals surface area contributed by atoms with Crippen molar-refractivity contribution in [1.29, 1.82) is 0 Å². The smallest absolute Gasteiger partial charge is 0.414 e. The van der Waals surface area contributed by atoms with Gasteiger partial charge in [0.1, 0.15) is 30.8 Å². The second-order valence-electron chi connectivity index (χ2n) is 10.6. The van der Waals surface area contributed by atoms with Crippen molar-refractivity contribution < 1.29 is 38.8 Å². The lowest BCUT2D eigenvalue weighted by atomic mass is 9.97. The number of aliphatic carboxylic acids is 2. The summed E-state index contributed by atoms with van der Waals surface area (Å²) in [7, 11) is 1.77. The second-order valence-corrected chi connectivity index (χ2v) is 11.6. The van der Waals surface area contributed by atoms with Gasteiger partial charge in [-0.05, 0) is 90.8 Å². The molecule has 0 spiro atoms. The third kappa shape index (κ3) is 7.66. The van der Waals surface area contributed by atoms with Gasteiger partial charge in [-0.25, -0.2) is 14.4 Å². The number of thiophene rings is 1. The number of fused-ring (bicyclic) bond motifs is 1. The molecule has 11 heteroatoms. The van der Waals surface area contributed by atoms with E-state index in [0.717, 1.165) is 24.5 Å². The van der Waals surface area contributed by atoms with Gasteiger partial charge in [0.05, 0.1) is 7.11 Å². The number of nitrogens with one attached hydrogen (secondary N) is 1. The van der Waals surface area contributed by atoms with Crippen LogP contribution in [-0.4, -0.2) is 72.6 Å². The van der Waals surface area contributed by atoms with Gasteiger partial charge < -0.3 is 29.7 Å². The molecule has 2 aliphatic rings. The molecule has 3 N–H and O–H groups in total. The van der Waals surface area contributed by atoms with Gasteiger partial charge in [-0.3, -0.25) is 4.90 Å². The number of benzene rings is 3. The number of carboxylic acids is 2. The number of ether oxygens (including phenoxy) is 3. The summed E-state index contributed by atoms with van der Waals surface area (Å²) in [5.74, 6) is -1.90. The normalized spacial score (nSPS) is 16.1. The highest BCUT2D eigenvalue weighted by molar-refractivity contribution is 7.22. The van der Waals surface area contributed by atoms with Gasteiger partial charge in [0.15, 0.2) is 0 Å². The first-order chi connectivity index (χ1) is 21.3. The predicted molar refractivity (Wildman–Crippen MR) is 167 cm³/mol. The number of cyclic esters (lactones) is 1. The number of carbonyl (C=O) groups excluding carboxylic acids is 1. The van der Waals surface area contributed by atoms with Crippen LogP contribution in [0.15, 0.2) is 66.7 Å². The zero-order valence-corrected chi connectivity index (χ0v) is 25.1. The van der Waals surface area contributed by atoms with Crippen molar-refractivity contribution in [3.63, 3.8) is 0 Å². The Kier molecular flexibility index (Phi) is 9.98. The molecule has 0 aliphatic carbocycles. The third-order valence-electron chi connectivity index (χ3n) is 7.51. The number of rotatable bonds is 9. The van der Waals surface area contributed by atoms with Gasteiger partial charge in [0.2, 0.25) is 0 Å². The van der Waals surface area contributed by atoms with E-state index in [4.69, 9.17) is 34.0 Å². The summed E-state index contributed by atoms with van der Waals surface area (Å²) in [6.45, 7) is 4.01. The van der Waals surface area contributed by atoms with Crippen LogP contribution in [0, 0.1) is 0 Å². The van der Waals surface area contributed by atoms with Crippen molar-refractivity contribution in [3.05, 3.63) is 83.4 Å². The fourth-order valence-corrected chi connectivity index (χ4v) is 6.57. The van der Waals surface area contributed by atoms with Gasteiger partial charge in [-0.15, -0.1) is 11.3 Å². The van der Waals surface area contributed by atoms with E-state index in [2.05, 4.69) is 64.8 Å². The van der Waals surface area contributed by atoms with Crippen LogP contribution < -0.4 is 14.8 Å². The zero-order valence-electron chi connectivity index (χ0n) is 24.3. The first kappa shape index (κ1) is 30.8. The summed E-state index contributed by atoms with van der Waals surface area (Å²) in [4.78, 5) is 33.2. The Morgan fingerprint density at radius 1 is 1.02 bits per heavy atom. The highest BCUT2D eigenvalue weighted by Crippen LogP contribution is 2.40. The molecule has 10 nitrogen and oxygen atoms in total. The van der Waals surface area contributed by atoms with E-state index in [1.165, 1.54) is 63.1 Å². The predicted octanol–water partition coefficient (Wildman–Crippen LogP) is 5.41. The quantitative estimate of drug-likeness (QED) is 0.211. The molecule has 44 heavy (non-hydrogen) atoms. The van der Waals surface area contributed by atoms with E-state index in [0.29, 0.717) is 13.2 Å². The lowest BCUT2D eigenvalue weighted by Crippen LogP contribution is -2.32. The van der Waals surface area contributed by atoms with Gasteiger partial charge in [-0.1, -0.05) is 30.3 Å². The average molecular weight is 619 g/mol. The number of nitrogens with zero attached hydrogens (tertiary/aromatic N) is 1. The molecule has 4 aromatic rings. The second kappa shape index (κ2) is 14.2. The van der Waals surface area contributed by atoms with Crippen LogP contribution in [0.4, 0.5) is 4.79 Å². The van der Waals surface area contributed by atoms with Gasteiger partial charge >= 0.3 is 18.0 Å². The molecule has 1 amide bonds. The third-order valence-corrected chi connectivity index (χ3v) is 8.77. The van der Waals surface area contributed by atoms with Crippen LogP contribution in [0.1, 0.15) is 29.5 Å². The average Bonchev–Trinajstić information content (AvgIpc) is 3.78. The Morgan fingerprint density at radius 3 is 2.41 bits per heavy atom. The Hall–Kier alpha value is -4.61. The van der Waals surface area contributed by atoms with E-state index in [-0.39, 0.29) is 12.1 Å². The van der Waals surface area contributed by atoms with Crippen LogP contribution >= 0.6 is 11.3 Å². The van der Waals surface area contributed by atoms with Gasteiger partial charge in [0.25, 0.3) is 0 Å². The minimum Gasteiger partial charge on any atom is -0.496 e. The van der Waals surface area contributed by atoms with Crippen molar-refractivity contribution >= 4 is 39.5 Å². The standard InChI is InChI=1S/C31H32N2O4S.C2H2O4/c1-35-28-17-21(8-9-23(28)18-33-14-4-5-15-33)16-27-26-6-2-3-7-29(26)38-30(27)22-10-12-25(13-11-22)36-19-24-20-37-31(34)32-24;3-1(4)2(5)6/h2-3,6-13,17,24H,4-5,14-16,18-20H2,1H3,(H,32,34);(H,3,4)(H,5,6). The fourth-order valence-electron chi connectivity index (χ4n) is 5.34. The Balaban J connectivity index is 0.000000584. The molecule has 230 valence electrons. The highest BCUT2D eigenvalue weighted by Gasteiger charge is 2.23. The number of likely N-dealkylation sites (tertiary alicyclic amines) is 1. The molecule has 0 bridgehead atoms. The molecule has 1 aromatic heterocycles. The first-order valence-electron chi connectivity index (χ1n) is 14.3. The lowest BCUT2D eigenvalue weighted by Gasteiger charge is -2.18. The summed E-state index contributed by atoms with van der Waals surface area (Å²) < 4.78 is 17.9. The summed E-state index contributed by atoms with van der Waals surface area (Å²) in [5, 5.41) is 18.8. The van der Waals surface area contributed by atoms with E-state index >= 15 is 0 Å². The maximum Gasteiger partial charge on any atom is 0.414 e. The van der Waals surface area contributed by atoms with Crippen LogP contribution in [-0.2, 0) is 27.3 Å². The topological polar surface area (TPSA) is 135 Å². The molecule has 2 saturated heterocycles. The lowest BCUT2D eigenvalue weighted by molar-refractivity contribution is -0.159. The molecule has 1 atom stereocenters. The molecule has 3 aromatic carbocycles. The molecule has 2 fully saturated rings. The minimum absolute atomic E-state index is 0.116. The molecule has 0 radical (unpaired) electrons. The number of methoxy groups -OCH3 is 1. The van der Waals surface area contributed by atoms with Gasteiger partial charge in [-0.2, -0.15) is 0 Å². The molecule has 2 aliphatic heterocycles. The van der Waals surface area contributed by atoms with Crippen LogP contribution in [0.25, 0.3) is 20.5 Å². The van der Waals surface area contributed by atoms with Gasteiger partial charge in [0, 0.05) is 21.7 Å². The highest BCUT2D eigenvalue weighted by atomic mass is 32.1. The van der Waals surface area contributed by atoms with Crippen molar-refractivity contribution in [2.24, 2.45) is 0 Å². The number of hydrogen-bond donors (Lipinski definition) is 3. The maximum absolute atomic E-state index is 11.2. The molecule has 6 rings (SSSR count). The zero-order chi connectivity index (χ0) is 31.1. The van der Waals surface area contributed by atoms with Crippen LogP contribution in [0.2, 0.25) is 0 Å². The molecule has 1 unspecified atom stereocenters. The van der Waals surface area contributed by atoms with Crippen LogP contribution in [0.5, 0.6) is 11.5 Å². The molecule has 3 heterocycles. The van der Waals surface area contributed by atoms with E-state index in [9.17, 15) is 4.79 Å². The van der Waals surface area contributed by atoms with Crippen molar-refractivity contribution in [2.75, 3.05) is 33.4 Å². The first-order valence-corrected chi connectivity index (χ1v) is 15.1. The number of alkyl carbamates (subject to hydrolysis) is 1. The molecule has 0 saturated carbocycles. The Morgan fingerprint density at radius 2 is 1.75 bits per heavy atom. The summed E-state index contributed by atoms with van der Waals surface area (Å²) in [5.41, 5.74) is 5.01. The number of hydrogen-bond acceptors (Lipinski definition) is 8. The van der Waals surface area contributed by atoms with Crippen LogP contribution in [0.3, 0.4) is 0 Å². The van der Waals surface area contributed by atoms with Crippen molar-refractivity contribution in [2.45, 2.75) is 31.8 Å². The number of carbonyl (C=O) groups is 3. The Bertz CT molecular complexity index is 1620. The minimum atomic E-state index is -1.82. The van der Waals surface area contributed by atoms with Crippen molar-refractivity contribution in [1.82, 2.24) is 10.2 Å². The van der Waals surface area contributed by atoms with Crippen molar-refractivity contribution in [3.8, 4) is 21.9 Å². The molecular weight excluding hydrogens is 584 g/mol. The SMILES string of the molecule is COc1cc(Cc2c(-c3ccc(OCC4COC(=O)N4)cc3)sc3ccccc23)ccc1CN1CCCC1.O=C(O)C(=O)O. The van der Waals surface area contributed by atoms with E-state index < -0.39 is 11.9 Å². The number of amides is 1. The largest absolute Gasteiger partial charge is 0.496 e.